The van der Waals surface area contributed by atoms with Gasteiger partial charge in [0.25, 0.3) is 0 Å². The summed E-state index contributed by atoms with van der Waals surface area (Å²) in [6.07, 6.45) is 2.01. The number of ether oxygens (including phenoxy) is 1. The molecule has 0 aromatic carbocycles. The molecule has 0 spiro atoms. The second kappa shape index (κ2) is 5.75. The maximum Gasteiger partial charge on any atom is 0.357 e. The molecule has 0 bridgehead atoms. The van der Waals surface area contributed by atoms with Crippen LogP contribution in [0.5, 0.6) is 0 Å². The largest absolute Gasteiger partial charge is 0.461 e. The fourth-order valence-corrected chi connectivity index (χ4v) is 1.56. The van der Waals surface area contributed by atoms with Gasteiger partial charge in [-0.1, -0.05) is 13.8 Å². The number of nitrogens with zero attached hydrogens (tertiary/aromatic N) is 1. The number of esters is 1. The first-order valence-corrected chi connectivity index (χ1v) is 5.69. The molecule has 3 nitrogen and oxygen atoms in total. The normalized spacial score (nSPS) is 10.5. The van der Waals surface area contributed by atoms with Crippen molar-refractivity contribution in [1.82, 2.24) is 4.98 Å². The smallest absolute Gasteiger partial charge is 0.357 e. The van der Waals surface area contributed by atoms with Crippen LogP contribution < -0.4 is 0 Å². The van der Waals surface area contributed by atoms with Crippen molar-refractivity contribution in [3.8, 4) is 0 Å². The van der Waals surface area contributed by atoms with Crippen molar-refractivity contribution in [2.75, 3.05) is 6.61 Å². The molecule has 0 unspecified atom stereocenters. The summed E-state index contributed by atoms with van der Waals surface area (Å²) in [5.41, 5.74) is 2.05. The lowest BCUT2D eigenvalue weighted by atomic mass is 10.1. The Morgan fingerprint density at radius 1 is 1.64 bits per heavy atom. The highest BCUT2D eigenvalue weighted by molar-refractivity contribution is 7.07. The highest BCUT2D eigenvalue weighted by atomic mass is 32.1. The van der Waals surface area contributed by atoms with Crippen LogP contribution in [0.2, 0.25) is 0 Å². The van der Waals surface area contributed by atoms with Gasteiger partial charge in [-0.05, 0) is 18.8 Å². The van der Waals surface area contributed by atoms with E-state index >= 15 is 0 Å². The third-order valence-electron chi connectivity index (χ3n) is 1.80. The zero-order valence-corrected chi connectivity index (χ0v) is 9.34. The molecule has 0 aliphatic heterocycles. The molecular formula is C10H15NO2S. The van der Waals surface area contributed by atoms with Gasteiger partial charge in [0.15, 0.2) is 5.69 Å². The summed E-state index contributed by atoms with van der Waals surface area (Å²) in [4.78, 5) is 15.1. The molecule has 0 fully saturated rings. The number of hydrogen-bond acceptors (Lipinski definition) is 4. The van der Waals surface area contributed by atoms with Crippen molar-refractivity contribution in [2.24, 2.45) is 5.92 Å². The Balaban J connectivity index is 2.16. The van der Waals surface area contributed by atoms with Crippen molar-refractivity contribution < 1.29 is 9.53 Å². The monoisotopic (exact) mass is 213 g/mol. The third kappa shape index (κ3) is 3.87. The number of thiazole rings is 1. The van der Waals surface area contributed by atoms with E-state index in [9.17, 15) is 4.79 Å². The summed E-state index contributed by atoms with van der Waals surface area (Å²) < 4.78 is 5.04. The van der Waals surface area contributed by atoms with Crippen LogP contribution >= 0.6 is 11.3 Å². The molecule has 0 saturated heterocycles. The average molecular weight is 213 g/mol. The van der Waals surface area contributed by atoms with Gasteiger partial charge in [0.05, 0.1) is 12.1 Å². The molecule has 1 heterocycles. The van der Waals surface area contributed by atoms with Crippen molar-refractivity contribution in [2.45, 2.75) is 26.7 Å². The van der Waals surface area contributed by atoms with Crippen molar-refractivity contribution in [3.05, 3.63) is 16.6 Å². The van der Waals surface area contributed by atoms with Crippen LogP contribution in [0.4, 0.5) is 0 Å². The fraction of sp³-hybridized carbons (Fsp3) is 0.600. The van der Waals surface area contributed by atoms with E-state index in [4.69, 9.17) is 4.74 Å². The van der Waals surface area contributed by atoms with Gasteiger partial charge in [-0.15, -0.1) is 11.3 Å². The Bertz CT molecular complexity index is 270. The van der Waals surface area contributed by atoms with Gasteiger partial charge in [-0.2, -0.15) is 0 Å². The highest BCUT2D eigenvalue weighted by Crippen LogP contribution is 2.06. The number of carbonyl (C=O) groups excluding carboxylic acids is 1. The lowest BCUT2D eigenvalue weighted by molar-refractivity contribution is 0.0489. The molecule has 0 aliphatic carbocycles. The van der Waals surface area contributed by atoms with Crippen molar-refractivity contribution in [3.63, 3.8) is 0 Å². The lowest BCUT2D eigenvalue weighted by Crippen LogP contribution is -2.07. The molecule has 4 heteroatoms. The van der Waals surface area contributed by atoms with Crippen LogP contribution in [0, 0.1) is 5.92 Å². The molecule has 0 N–H and O–H groups in total. The zero-order chi connectivity index (χ0) is 10.4. The zero-order valence-electron chi connectivity index (χ0n) is 8.53. The summed E-state index contributed by atoms with van der Waals surface area (Å²) in [5, 5.41) is 1.70. The molecule has 1 rings (SSSR count). The topological polar surface area (TPSA) is 39.2 Å². The van der Waals surface area contributed by atoms with Gasteiger partial charge in [0.1, 0.15) is 0 Å². The summed E-state index contributed by atoms with van der Waals surface area (Å²) in [6, 6.07) is 0. The summed E-state index contributed by atoms with van der Waals surface area (Å²) in [5.74, 6) is 0.350. The Labute approximate surface area is 88.1 Å². The summed E-state index contributed by atoms with van der Waals surface area (Å²) in [6.45, 7) is 4.80. The van der Waals surface area contributed by atoms with Gasteiger partial charge in [0.2, 0.25) is 0 Å². The van der Waals surface area contributed by atoms with Gasteiger partial charge in [0, 0.05) is 5.38 Å². The first kappa shape index (κ1) is 11.2. The predicted octanol–water partition coefficient (Wildman–Crippen LogP) is 2.74. The Morgan fingerprint density at radius 3 is 3.00 bits per heavy atom. The number of rotatable bonds is 5. The molecule has 0 amide bonds. The minimum atomic E-state index is -0.310. The molecule has 0 saturated carbocycles. The van der Waals surface area contributed by atoms with Crippen molar-refractivity contribution in [1.29, 1.82) is 0 Å². The van der Waals surface area contributed by atoms with E-state index in [0.29, 0.717) is 18.2 Å². The van der Waals surface area contributed by atoms with Gasteiger partial charge >= 0.3 is 5.97 Å². The fourth-order valence-electron chi connectivity index (χ4n) is 1.04. The maximum absolute atomic E-state index is 11.3. The van der Waals surface area contributed by atoms with E-state index in [1.807, 2.05) is 0 Å². The number of carbonyl (C=O) groups is 1. The Kier molecular flexibility index (Phi) is 4.59. The molecular weight excluding hydrogens is 198 g/mol. The molecule has 78 valence electrons. The molecule has 0 radical (unpaired) electrons. The second-order valence-corrected chi connectivity index (χ2v) is 4.26. The van der Waals surface area contributed by atoms with Crippen LogP contribution in [-0.4, -0.2) is 17.6 Å². The van der Waals surface area contributed by atoms with Gasteiger partial charge in [-0.3, -0.25) is 0 Å². The minimum absolute atomic E-state index is 0.310. The SMILES string of the molecule is CC(C)CCCOC(=O)c1cscn1. The van der Waals surface area contributed by atoms with E-state index in [1.54, 1.807) is 10.9 Å². The van der Waals surface area contributed by atoms with E-state index in [2.05, 4.69) is 18.8 Å². The Hall–Kier alpha value is -0.900. The Morgan fingerprint density at radius 2 is 2.43 bits per heavy atom. The van der Waals surface area contributed by atoms with E-state index in [0.717, 1.165) is 12.8 Å². The minimum Gasteiger partial charge on any atom is -0.461 e. The first-order chi connectivity index (χ1) is 6.70. The summed E-state index contributed by atoms with van der Waals surface area (Å²) >= 11 is 1.40. The molecule has 14 heavy (non-hydrogen) atoms. The third-order valence-corrected chi connectivity index (χ3v) is 2.39. The van der Waals surface area contributed by atoms with E-state index in [-0.39, 0.29) is 5.97 Å². The van der Waals surface area contributed by atoms with E-state index in [1.165, 1.54) is 11.3 Å². The van der Waals surface area contributed by atoms with Crippen molar-refractivity contribution >= 4 is 17.3 Å². The maximum atomic E-state index is 11.3. The standard InChI is InChI=1S/C10H15NO2S/c1-8(2)4-3-5-13-10(12)9-6-14-7-11-9/h6-8H,3-5H2,1-2H3. The van der Waals surface area contributed by atoms with Crippen LogP contribution in [0.25, 0.3) is 0 Å². The van der Waals surface area contributed by atoms with Crippen LogP contribution in [0.1, 0.15) is 37.2 Å². The molecule has 1 aromatic heterocycles. The van der Waals surface area contributed by atoms with E-state index < -0.39 is 0 Å². The number of hydrogen-bond donors (Lipinski definition) is 0. The van der Waals surface area contributed by atoms with Gasteiger partial charge in [-0.25, -0.2) is 9.78 Å². The van der Waals surface area contributed by atoms with Crippen LogP contribution in [0.3, 0.4) is 0 Å². The predicted molar refractivity (Wildman–Crippen MR) is 56.5 cm³/mol. The lowest BCUT2D eigenvalue weighted by Gasteiger charge is -2.04. The number of aromatic nitrogens is 1. The first-order valence-electron chi connectivity index (χ1n) is 4.75. The van der Waals surface area contributed by atoms with Crippen LogP contribution in [-0.2, 0) is 4.74 Å². The second-order valence-electron chi connectivity index (χ2n) is 3.55. The average Bonchev–Trinajstić information content (AvgIpc) is 2.64. The molecule has 0 aliphatic rings. The van der Waals surface area contributed by atoms with Gasteiger partial charge < -0.3 is 4.74 Å². The quantitative estimate of drug-likeness (QED) is 0.557. The highest BCUT2D eigenvalue weighted by Gasteiger charge is 2.08. The molecule has 0 atom stereocenters. The summed E-state index contributed by atoms with van der Waals surface area (Å²) in [7, 11) is 0. The van der Waals surface area contributed by atoms with Crippen LogP contribution in [0.15, 0.2) is 10.9 Å². The molecule has 1 aromatic rings.